The van der Waals surface area contributed by atoms with Crippen LogP contribution >= 0.6 is 0 Å². The van der Waals surface area contributed by atoms with Crippen molar-refractivity contribution >= 4 is 28.4 Å². The molecule has 5 heteroatoms. The second-order valence-corrected chi connectivity index (χ2v) is 6.13. The highest BCUT2D eigenvalue weighted by molar-refractivity contribution is 6.40. The minimum atomic E-state index is -0.708. The van der Waals surface area contributed by atoms with Crippen LogP contribution in [-0.4, -0.2) is 16.8 Å². The van der Waals surface area contributed by atoms with Gasteiger partial charge in [-0.2, -0.15) is 0 Å². The molecule has 2 N–H and O–H groups in total. The minimum Gasteiger partial charge on any atom is -0.341 e. The molecule has 26 heavy (non-hydrogen) atoms. The van der Waals surface area contributed by atoms with Crippen LogP contribution in [0.4, 0.5) is 5.69 Å². The molecular formula is C21H21N3O2. The van der Waals surface area contributed by atoms with Crippen molar-refractivity contribution in [3.8, 4) is 0 Å². The summed E-state index contributed by atoms with van der Waals surface area (Å²) in [5.41, 5.74) is 3.35. The van der Waals surface area contributed by atoms with Crippen molar-refractivity contribution in [2.45, 2.75) is 26.3 Å². The van der Waals surface area contributed by atoms with E-state index in [4.69, 9.17) is 0 Å². The van der Waals surface area contributed by atoms with Gasteiger partial charge in [0.2, 0.25) is 0 Å². The van der Waals surface area contributed by atoms with E-state index < -0.39 is 11.8 Å². The maximum atomic E-state index is 12.3. The Balaban J connectivity index is 1.68. The largest absolute Gasteiger partial charge is 0.341 e. The zero-order valence-electron chi connectivity index (χ0n) is 14.8. The van der Waals surface area contributed by atoms with Crippen LogP contribution in [0.5, 0.6) is 0 Å². The molecule has 0 radical (unpaired) electrons. The average Bonchev–Trinajstić information content (AvgIpc) is 2.68. The third-order valence-corrected chi connectivity index (χ3v) is 4.32. The van der Waals surface area contributed by atoms with Crippen LogP contribution < -0.4 is 10.6 Å². The fraction of sp³-hybridized carbons (Fsp3) is 0.190. The lowest BCUT2D eigenvalue weighted by atomic mass is 10.0. The molecule has 0 fully saturated rings. The van der Waals surface area contributed by atoms with E-state index in [-0.39, 0.29) is 6.04 Å². The molecule has 0 saturated heterocycles. The number of hydrogen-bond donors (Lipinski definition) is 2. The van der Waals surface area contributed by atoms with E-state index in [1.807, 2.05) is 55.5 Å². The maximum absolute atomic E-state index is 12.3. The summed E-state index contributed by atoms with van der Waals surface area (Å²) >= 11 is 0. The zero-order chi connectivity index (χ0) is 18.5. The van der Waals surface area contributed by atoms with Gasteiger partial charge in [-0.3, -0.25) is 14.6 Å². The highest BCUT2D eigenvalue weighted by Crippen LogP contribution is 2.20. The van der Waals surface area contributed by atoms with Crippen LogP contribution in [-0.2, 0) is 16.0 Å². The predicted molar refractivity (Wildman–Crippen MR) is 103 cm³/mol. The molecule has 1 heterocycles. The first kappa shape index (κ1) is 17.6. The first-order valence-corrected chi connectivity index (χ1v) is 8.63. The van der Waals surface area contributed by atoms with Crippen molar-refractivity contribution < 1.29 is 9.59 Å². The van der Waals surface area contributed by atoms with E-state index in [0.717, 1.165) is 17.4 Å². The van der Waals surface area contributed by atoms with Gasteiger partial charge in [0.15, 0.2) is 0 Å². The van der Waals surface area contributed by atoms with Crippen molar-refractivity contribution in [2.24, 2.45) is 0 Å². The number of pyridine rings is 1. The number of aryl methyl sites for hydroxylation is 1. The standard InChI is InChI=1S/C21H21N3O2/c1-3-15-9-11-16(12-10-15)14(2)23-20(25)21(26)24-18-8-4-6-17-7-5-13-22-19(17)18/h4-14H,3H2,1-2H3,(H,23,25)(H,24,26). The third kappa shape index (κ3) is 3.88. The molecule has 0 saturated carbocycles. The summed E-state index contributed by atoms with van der Waals surface area (Å²) < 4.78 is 0. The predicted octanol–water partition coefficient (Wildman–Crippen LogP) is 3.61. The van der Waals surface area contributed by atoms with Crippen molar-refractivity contribution in [2.75, 3.05) is 5.32 Å². The number of nitrogens with one attached hydrogen (secondary N) is 2. The van der Waals surface area contributed by atoms with E-state index in [1.54, 1.807) is 12.3 Å². The van der Waals surface area contributed by atoms with Gasteiger partial charge in [-0.05, 0) is 36.6 Å². The lowest BCUT2D eigenvalue weighted by Crippen LogP contribution is -2.37. The van der Waals surface area contributed by atoms with Crippen LogP contribution in [0.15, 0.2) is 60.8 Å². The van der Waals surface area contributed by atoms with E-state index in [0.29, 0.717) is 11.2 Å². The SMILES string of the molecule is CCc1ccc(C(C)NC(=O)C(=O)Nc2cccc3cccnc23)cc1. The molecule has 1 atom stereocenters. The summed E-state index contributed by atoms with van der Waals surface area (Å²) in [5, 5.41) is 6.27. The fourth-order valence-corrected chi connectivity index (χ4v) is 2.77. The summed E-state index contributed by atoms with van der Waals surface area (Å²) in [6.07, 6.45) is 2.61. The number of fused-ring (bicyclic) bond motifs is 1. The normalized spacial score (nSPS) is 11.8. The van der Waals surface area contributed by atoms with Gasteiger partial charge in [0.05, 0.1) is 17.2 Å². The molecule has 2 amide bonds. The molecule has 5 nitrogen and oxygen atoms in total. The van der Waals surface area contributed by atoms with Gasteiger partial charge in [-0.1, -0.05) is 49.4 Å². The number of carbonyl (C=O) groups excluding carboxylic acids is 2. The van der Waals surface area contributed by atoms with Crippen LogP contribution in [0.3, 0.4) is 0 Å². The molecule has 2 aromatic carbocycles. The number of amides is 2. The number of nitrogens with zero attached hydrogens (tertiary/aromatic N) is 1. The molecule has 3 rings (SSSR count). The summed E-state index contributed by atoms with van der Waals surface area (Å²) in [7, 11) is 0. The van der Waals surface area contributed by atoms with Crippen LogP contribution in [0.25, 0.3) is 10.9 Å². The number of rotatable bonds is 4. The van der Waals surface area contributed by atoms with E-state index in [1.165, 1.54) is 5.56 Å². The Bertz CT molecular complexity index is 930. The monoisotopic (exact) mass is 347 g/mol. The van der Waals surface area contributed by atoms with Crippen molar-refractivity contribution in [3.05, 3.63) is 71.9 Å². The van der Waals surface area contributed by atoms with Crippen LogP contribution in [0.2, 0.25) is 0 Å². The second-order valence-electron chi connectivity index (χ2n) is 6.13. The van der Waals surface area contributed by atoms with Gasteiger partial charge in [-0.15, -0.1) is 0 Å². The maximum Gasteiger partial charge on any atom is 0.313 e. The molecular weight excluding hydrogens is 326 g/mol. The lowest BCUT2D eigenvalue weighted by molar-refractivity contribution is -0.136. The second kappa shape index (κ2) is 7.78. The quantitative estimate of drug-likeness (QED) is 0.708. The number of anilines is 1. The summed E-state index contributed by atoms with van der Waals surface area (Å²) in [6.45, 7) is 3.94. The van der Waals surface area contributed by atoms with Gasteiger partial charge >= 0.3 is 11.8 Å². The number of para-hydroxylation sites is 1. The summed E-state index contributed by atoms with van der Waals surface area (Å²) in [4.78, 5) is 28.8. The summed E-state index contributed by atoms with van der Waals surface area (Å²) in [5.74, 6) is -1.38. The lowest BCUT2D eigenvalue weighted by Gasteiger charge is -2.15. The molecule has 3 aromatic rings. The fourth-order valence-electron chi connectivity index (χ4n) is 2.77. The van der Waals surface area contributed by atoms with Crippen molar-refractivity contribution in [1.29, 1.82) is 0 Å². The van der Waals surface area contributed by atoms with E-state index in [9.17, 15) is 9.59 Å². The van der Waals surface area contributed by atoms with E-state index in [2.05, 4.69) is 22.5 Å². The molecule has 0 spiro atoms. The molecule has 132 valence electrons. The first-order valence-electron chi connectivity index (χ1n) is 8.63. The van der Waals surface area contributed by atoms with E-state index >= 15 is 0 Å². The smallest absolute Gasteiger partial charge is 0.313 e. The highest BCUT2D eigenvalue weighted by atomic mass is 16.2. The van der Waals surface area contributed by atoms with Gasteiger partial charge in [-0.25, -0.2) is 0 Å². The number of carbonyl (C=O) groups is 2. The highest BCUT2D eigenvalue weighted by Gasteiger charge is 2.18. The third-order valence-electron chi connectivity index (χ3n) is 4.32. The van der Waals surface area contributed by atoms with Gasteiger partial charge in [0.25, 0.3) is 0 Å². The first-order chi connectivity index (χ1) is 12.6. The van der Waals surface area contributed by atoms with Gasteiger partial charge < -0.3 is 10.6 Å². The molecule has 0 aliphatic heterocycles. The number of benzene rings is 2. The molecule has 1 aromatic heterocycles. The Morgan fingerprint density at radius 3 is 2.46 bits per heavy atom. The number of aromatic nitrogens is 1. The Labute approximate surface area is 152 Å². The number of hydrogen-bond acceptors (Lipinski definition) is 3. The van der Waals surface area contributed by atoms with Gasteiger partial charge in [0.1, 0.15) is 0 Å². The molecule has 1 unspecified atom stereocenters. The minimum absolute atomic E-state index is 0.259. The average molecular weight is 347 g/mol. The molecule has 0 aliphatic rings. The van der Waals surface area contributed by atoms with Gasteiger partial charge in [0, 0.05) is 11.6 Å². The molecule has 0 aliphatic carbocycles. The zero-order valence-corrected chi connectivity index (χ0v) is 14.8. The molecule has 0 bridgehead atoms. The Hall–Kier alpha value is -3.21. The van der Waals surface area contributed by atoms with Crippen LogP contribution in [0, 0.1) is 0 Å². The Morgan fingerprint density at radius 1 is 1.00 bits per heavy atom. The van der Waals surface area contributed by atoms with Crippen molar-refractivity contribution in [1.82, 2.24) is 10.3 Å². The summed E-state index contributed by atoms with van der Waals surface area (Å²) in [6, 6.07) is 16.9. The van der Waals surface area contributed by atoms with Crippen LogP contribution in [0.1, 0.15) is 31.0 Å². The Morgan fingerprint density at radius 2 is 1.73 bits per heavy atom. The Kier molecular flexibility index (Phi) is 5.27. The van der Waals surface area contributed by atoms with Crippen molar-refractivity contribution in [3.63, 3.8) is 0 Å². The topological polar surface area (TPSA) is 71.1 Å².